The van der Waals surface area contributed by atoms with Crippen molar-refractivity contribution in [3.8, 4) is 69.0 Å². The van der Waals surface area contributed by atoms with Crippen LogP contribution in [0.1, 0.15) is 34.8 Å². The number of phenols is 5. The molecule has 0 saturated carbocycles. The van der Waals surface area contributed by atoms with Crippen LogP contribution in [0.2, 0.25) is 0 Å². The van der Waals surface area contributed by atoms with Crippen LogP contribution in [0.15, 0.2) is 66.4 Å². The Kier molecular flexibility index (Phi) is 21.8. The lowest BCUT2D eigenvalue weighted by molar-refractivity contribution is -0.296. The maximum Gasteiger partial charge on any atom is 0.330 e. The second-order valence-corrected chi connectivity index (χ2v) is 20.5. The number of rotatable bonds is 23. The van der Waals surface area contributed by atoms with Gasteiger partial charge in [0.1, 0.15) is 117 Å². The van der Waals surface area contributed by atoms with Crippen LogP contribution >= 0.6 is 0 Å². The Labute approximate surface area is 513 Å². The van der Waals surface area contributed by atoms with Gasteiger partial charge in [0.05, 0.1) is 40.1 Å². The molecule has 33 heteroatoms. The first-order valence-corrected chi connectivity index (χ1v) is 27.2. The highest BCUT2D eigenvalue weighted by Gasteiger charge is 2.50. The Hall–Kier alpha value is -9.10. The number of ether oxygens (including phenoxy) is 14. The van der Waals surface area contributed by atoms with Crippen LogP contribution in [0, 0.1) is 0 Å². The number of carbonyl (C=O) groups is 4. The number of carboxylic acid groups (broad SMARTS) is 1. The van der Waals surface area contributed by atoms with Crippen molar-refractivity contribution >= 4 is 42.1 Å². The predicted molar refractivity (Wildman–Crippen MR) is 298 cm³/mol. The van der Waals surface area contributed by atoms with Crippen molar-refractivity contribution in [1.29, 1.82) is 0 Å². The summed E-state index contributed by atoms with van der Waals surface area (Å²) in [6.07, 6.45) is -26.3. The van der Waals surface area contributed by atoms with Crippen LogP contribution in [0.25, 0.3) is 18.2 Å². The first-order valence-electron chi connectivity index (χ1n) is 27.2. The van der Waals surface area contributed by atoms with E-state index in [1.807, 2.05) is 0 Å². The number of aromatic hydroxyl groups is 6. The molecule has 4 aromatic rings. The fourth-order valence-electron chi connectivity index (χ4n) is 9.51. The molecule has 8 rings (SSSR count). The van der Waals surface area contributed by atoms with Crippen molar-refractivity contribution in [2.75, 3.05) is 48.3 Å². The minimum atomic E-state index is -2.14. The van der Waals surface area contributed by atoms with Gasteiger partial charge in [-0.3, -0.25) is 9.59 Å². The van der Waals surface area contributed by atoms with Gasteiger partial charge in [0.25, 0.3) is 11.9 Å². The number of aliphatic hydroxyl groups is 10. The Bertz CT molecular complexity index is 3330. The molecule has 0 amide bonds. The van der Waals surface area contributed by atoms with Crippen molar-refractivity contribution < 1.29 is 162 Å². The molecule has 4 aliphatic rings. The minimum Gasteiger partial charge on any atom is -0.571 e. The van der Waals surface area contributed by atoms with Crippen molar-refractivity contribution in [2.45, 2.75) is 105 Å². The summed E-state index contributed by atoms with van der Waals surface area (Å²) in [5.41, 5.74) is 0.203. The van der Waals surface area contributed by atoms with E-state index in [0.29, 0.717) is 11.1 Å². The Morgan fingerprint density at radius 1 is 0.484 bits per heavy atom. The number of aliphatic hydroxyl groups excluding tert-OH is 9. The molecule has 0 aromatic heterocycles. The number of hydrogen-bond donors (Lipinski definition) is 15. The smallest absolute Gasteiger partial charge is 0.330 e. The van der Waals surface area contributed by atoms with E-state index in [2.05, 4.69) is 4.74 Å². The summed E-state index contributed by atoms with van der Waals surface area (Å²) in [5, 5.41) is 162. The number of benzene rings is 4. The maximum absolute atomic E-state index is 12.9. The molecule has 4 heterocycles. The Morgan fingerprint density at radius 3 is 1.35 bits per heavy atom. The van der Waals surface area contributed by atoms with Gasteiger partial charge in [0, 0.05) is 24.3 Å². The SMILES string of the molecule is COc1cc(/C=C/C(=O)OC[C@H]2O[C@@H](Oc3cc(O)c4c(c3)[OH+]C(c3cc(O)c(O)c(O[C@@H]5O[C@H](COC(=O)/C=C/c6cc(OC)c(O)c(OC)c6)[C@H](O)[C@H](O)[C@H]5O)c3)C(O[C@@H]3O[C@H](COC(=O)CC(=O)O)[C@H](O)[C@H](O)[C@@H]3O)=C4)[C@@H](O)[C@@H](O)[C@H]2O)cc(OC)c1O. The molecule has 1 unspecified atom stereocenters. The normalized spacial score (nSPS) is 27.9. The zero-order valence-electron chi connectivity index (χ0n) is 48.2. The number of methoxy groups -OCH3 is 4. The monoisotopic (exact) mass is 1290 g/mol. The van der Waals surface area contributed by atoms with Crippen LogP contribution in [-0.2, 0) is 52.3 Å². The molecule has 16 N–H and O–H groups in total. The molecule has 3 fully saturated rings. The number of esters is 3. The number of carboxylic acids is 1. The van der Waals surface area contributed by atoms with Gasteiger partial charge in [0.2, 0.25) is 36.1 Å². The average Bonchev–Trinajstić information content (AvgIpc) is 0.807. The van der Waals surface area contributed by atoms with Gasteiger partial charge >= 0.3 is 23.9 Å². The van der Waals surface area contributed by atoms with Crippen molar-refractivity contribution in [2.24, 2.45) is 0 Å². The zero-order valence-corrected chi connectivity index (χ0v) is 48.2. The van der Waals surface area contributed by atoms with E-state index in [1.165, 1.54) is 64.9 Å². The number of carbonyl (C=O) groups excluding carboxylic acids is 3. The fourth-order valence-corrected chi connectivity index (χ4v) is 9.51. The molecule has 0 radical (unpaired) electrons. The lowest BCUT2D eigenvalue weighted by Crippen LogP contribution is -2.60. The van der Waals surface area contributed by atoms with Crippen LogP contribution in [-0.4, -0.2) is 246 Å². The van der Waals surface area contributed by atoms with E-state index < -0.39 is 177 Å². The molecule has 0 spiro atoms. The molecule has 4 aromatic carbocycles. The van der Waals surface area contributed by atoms with Crippen molar-refractivity contribution in [1.82, 2.24) is 0 Å². The Morgan fingerprint density at radius 2 is 0.912 bits per heavy atom. The summed E-state index contributed by atoms with van der Waals surface area (Å²) >= 11 is 0. The standard InChI is InChI=1S/C58H64O33/c1-78-30-9-22(10-31(79-2)44(30)67)5-7-40(63)82-19-36-46(69)49(72)52(75)56(89-36)85-25-15-27(59)26-17-35(88-58-54(77)51(74)48(71)38(91-58)21-84-42(65)18-39(61)62)55(86-29(26)16-25)24-13-28(60)43(66)34(14-24)87-57-53(76)50(73)47(70)37(90-57)20-83-41(64)8-6-23-11-32(80-3)45(68)33(12-23)81-4/h5-17,36-38,46-60,66-77H,18-21H2,1-4H3,(H,61,62)/p+1/b7-5+,8-6+/t36-,37-,38-,46+,47+,48+,49+,50+,51+,52+,53-,54+,55?,56-,57-,58-/m1/s1. The second kappa shape index (κ2) is 29.2. The first kappa shape index (κ1) is 67.8. The lowest BCUT2D eigenvalue weighted by Gasteiger charge is -2.41. The molecule has 33 nitrogen and oxygen atoms in total. The highest BCUT2D eigenvalue weighted by atomic mass is 16.7. The van der Waals surface area contributed by atoms with Crippen molar-refractivity contribution in [3.05, 3.63) is 88.7 Å². The van der Waals surface area contributed by atoms with Crippen molar-refractivity contribution in [3.63, 3.8) is 0 Å². The van der Waals surface area contributed by atoms with Crippen LogP contribution < -0.4 is 28.4 Å². The third-order valence-electron chi connectivity index (χ3n) is 14.4. The Balaban J connectivity index is 1.05. The van der Waals surface area contributed by atoms with E-state index in [-0.39, 0.29) is 57.1 Å². The van der Waals surface area contributed by atoms with E-state index >= 15 is 0 Å². The molecule has 0 aliphatic carbocycles. The quantitative estimate of drug-likeness (QED) is 0.00984. The molecule has 3 saturated heterocycles. The van der Waals surface area contributed by atoms with Gasteiger partial charge in [-0.15, -0.1) is 0 Å². The van der Waals surface area contributed by atoms with E-state index in [1.54, 1.807) is 0 Å². The topological polar surface area (TPSA) is 505 Å². The maximum atomic E-state index is 12.9. The molecule has 4 aliphatic heterocycles. The van der Waals surface area contributed by atoms with Crippen LogP contribution in [0.4, 0.5) is 0 Å². The summed E-state index contributed by atoms with van der Waals surface area (Å²) in [6, 6.07) is 9.53. The molecule has 16 atom stereocenters. The molecular formula is C58H65O33+. The summed E-state index contributed by atoms with van der Waals surface area (Å²) < 4.78 is 75.4. The van der Waals surface area contributed by atoms with Gasteiger partial charge in [0.15, 0.2) is 40.3 Å². The number of phenolic OH excluding ortho intramolecular Hbond substituents is 5. The van der Waals surface area contributed by atoms with Gasteiger partial charge in [-0.1, -0.05) is 0 Å². The predicted octanol–water partition coefficient (Wildman–Crippen LogP) is -1.69. The van der Waals surface area contributed by atoms with Gasteiger partial charge in [-0.2, -0.15) is 0 Å². The highest BCUT2D eigenvalue weighted by Crippen LogP contribution is 2.49. The van der Waals surface area contributed by atoms with Gasteiger partial charge in [-0.05, 0) is 59.7 Å². The molecule has 494 valence electrons. The lowest BCUT2D eigenvalue weighted by atomic mass is 9.98. The highest BCUT2D eigenvalue weighted by molar-refractivity contribution is 5.90. The summed E-state index contributed by atoms with van der Waals surface area (Å²) in [6.45, 7) is -2.40. The third-order valence-corrected chi connectivity index (χ3v) is 14.4. The van der Waals surface area contributed by atoms with E-state index in [9.17, 15) is 90.7 Å². The average molecular weight is 1290 g/mol. The molecule has 0 bridgehead atoms. The first-order chi connectivity index (χ1) is 43.2. The summed E-state index contributed by atoms with van der Waals surface area (Å²) in [4.78, 5) is 48.9. The molecular weight excluding hydrogens is 1220 g/mol. The van der Waals surface area contributed by atoms with Gasteiger partial charge in [-0.25, -0.2) is 9.59 Å². The molecule has 91 heavy (non-hydrogen) atoms. The van der Waals surface area contributed by atoms with Crippen LogP contribution in [0.5, 0.6) is 69.0 Å². The van der Waals surface area contributed by atoms with Crippen LogP contribution in [0.3, 0.4) is 0 Å². The number of fused-ring (bicyclic) bond motifs is 1. The number of hydrogen-bond acceptors (Lipinski definition) is 31. The third kappa shape index (κ3) is 15.6. The van der Waals surface area contributed by atoms with Gasteiger partial charge < -0.3 is 143 Å². The number of aliphatic carboxylic acids is 1. The second-order valence-electron chi connectivity index (χ2n) is 20.5. The van der Waals surface area contributed by atoms with E-state index in [0.717, 1.165) is 42.5 Å². The van der Waals surface area contributed by atoms with E-state index in [4.69, 9.17) is 66.7 Å². The fraction of sp³-hybridized carbons (Fsp3) is 0.414. The summed E-state index contributed by atoms with van der Waals surface area (Å²) in [7, 11) is 5.17. The zero-order chi connectivity index (χ0) is 66.3. The largest absolute Gasteiger partial charge is 0.571 e. The minimum absolute atomic E-state index is 0.0157. The summed E-state index contributed by atoms with van der Waals surface area (Å²) in [5.74, 6) is -9.80.